The van der Waals surface area contributed by atoms with Crippen LogP contribution >= 0.6 is 11.6 Å². The van der Waals surface area contributed by atoms with Crippen LogP contribution in [-0.4, -0.2) is 14.5 Å². The zero-order valence-electron chi connectivity index (χ0n) is 16.1. The van der Waals surface area contributed by atoms with E-state index in [1.165, 1.54) is 0 Å². The Morgan fingerprint density at radius 3 is 2.66 bits per heavy atom. The van der Waals surface area contributed by atoms with Crippen LogP contribution in [0.25, 0.3) is 16.5 Å². The molecule has 0 saturated carbocycles. The van der Waals surface area contributed by atoms with Gasteiger partial charge in [0, 0.05) is 23.1 Å². The number of para-hydroxylation sites is 1. The molecule has 0 bridgehead atoms. The molecular formula is C22H20ClN5O. The van der Waals surface area contributed by atoms with Crippen molar-refractivity contribution in [3.63, 3.8) is 0 Å². The number of nitrogens with two attached hydrogens (primary N) is 1. The van der Waals surface area contributed by atoms with Gasteiger partial charge < -0.3 is 11.1 Å². The number of anilines is 2. The van der Waals surface area contributed by atoms with Crippen LogP contribution in [0.3, 0.4) is 0 Å². The molecule has 0 amide bonds. The quantitative estimate of drug-likeness (QED) is 0.522. The minimum atomic E-state index is -0.237. The van der Waals surface area contributed by atoms with E-state index < -0.39 is 0 Å². The molecule has 0 radical (unpaired) electrons. The second kappa shape index (κ2) is 7.56. The first-order valence-electron chi connectivity index (χ1n) is 9.21. The van der Waals surface area contributed by atoms with E-state index in [-0.39, 0.29) is 17.5 Å². The van der Waals surface area contributed by atoms with E-state index in [0.29, 0.717) is 16.2 Å². The Bertz CT molecular complexity index is 1250. The van der Waals surface area contributed by atoms with Crippen LogP contribution in [0.1, 0.15) is 24.2 Å². The summed E-state index contributed by atoms with van der Waals surface area (Å²) in [7, 11) is 0. The largest absolute Gasteiger partial charge is 0.368 e. The Morgan fingerprint density at radius 2 is 1.90 bits per heavy atom. The van der Waals surface area contributed by atoms with Crippen molar-refractivity contribution in [2.24, 2.45) is 0 Å². The molecule has 0 aliphatic rings. The third kappa shape index (κ3) is 3.54. The molecule has 0 spiro atoms. The average Bonchev–Trinajstić information content (AvgIpc) is 2.71. The summed E-state index contributed by atoms with van der Waals surface area (Å²) in [6.07, 6.45) is 1.67. The summed E-state index contributed by atoms with van der Waals surface area (Å²) >= 11 is 6.36. The van der Waals surface area contributed by atoms with Gasteiger partial charge in [-0.25, -0.2) is 4.98 Å². The van der Waals surface area contributed by atoms with Crippen LogP contribution < -0.4 is 16.6 Å². The molecule has 2 heterocycles. The summed E-state index contributed by atoms with van der Waals surface area (Å²) in [5, 5.41) is 5.08. The second-order valence-electron chi connectivity index (χ2n) is 6.88. The van der Waals surface area contributed by atoms with Crippen LogP contribution in [0.15, 0.2) is 65.6 Å². The topological polar surface area (TPSA) is 85.8 Å². The number of fused-ring (bicyclic) bond motifs is 1. The molecule has 0 unspecified atom stereocenters. The van der Waals surface area contributed by atoms with Crippen LogP contribution in [0.5, 0.6) is 0 Å². The maximum absolute atomic E-state index is 13.5. The van der Waals surface area contributed by atoms with Crippen molar-refractivity contribution in [2.45, 2.75) is 19.9 Å². The highest BCUT2D eigenvalue weighted by atomic mass is 35.5. The number of benzene rings is 2. The number of hydrogen-bond donors (Lipinski definition) is 2. The minimum absolute atomic E-state index is 0.165. The number of aromatic nitrogens is 3. The molecule has 2 aromatic heterocycles. The van der Waals surface area contributed by atoms with Gasteiger partial charge in [-0.1, -0.05) is 41.9 Å². The van der Waals surface area contributed by atoms with E-state index in [1.54, 1.807) is 16.8 Å². The summed E-state index contributed by atoms with van der Waals surface area (Å²) in [6, 6.07) is 16.7. The number of pyridine rings is 1. The van der Waals surface area contributed by atoms with Gasteiger partial charge in [0.05, 0.1) is 16.5 Å². The molecule has 0 aliphatic carbocycles. The molecule has 146 valence electrons. The van der Waals surface area contributed by atoms with Crippen molar-refractivity contribution in [3.8, 4) is 5.69 Å². The Kier molecular flexibility index (Phi) is 4.94. The Labute approximate surface area is 173 Å². The van der Waals surface area contributed by atoms with Crippen molar-refractivity contribution < 1.29 is 0 Å². The van der Waals surface area contributed by atoms with E-state index in [4.69, 9.17) is 17.3 Å². The van der Waals surface area contributed by atoms with E-state index in [0.717, 1.165) is 22.3 Å². The molecule has 0 saturated heterocycles. The number of rotatable bonds is 4. The number of nitrogen functional groups attached to an aromatic ring is 1. The van der Waals surface area contributed by atoms with Crippen molar-refractivity contribution >= 4 is 34.1 Å². The maximum atomic E-state index is 13.5. The second-order valence-corrected chi connectivity index (χ2v) is 7.28. The van der Waals surface area contributed by atoms with Crippen molar-refractivity contribution in [1.82, 2.24) is 14.5 Å². The van der Waals surface area contributed by atoms with Gasteiger partial charge in [-0.3, -0.25) is 9.36 Å². The Balaban J connectivity index is 1.93. The molecule has 0 fully saturated rings. The van der Waals surface area contributed by atoms with Gasteiger partial charge in [-0.2, -0.15) is 4.98 Å². The minimum Gasteiger partial charge on any atom is -0.368 e. The Morgan fingerprint density at radius 1 is 1.14 bits per heavy atom. The lowest BCUT2D eigenvalue weighted by Crippen LogP contribution is -2.26. The standard InChI is InChI=1S/C22H20ClN5O/c1-13-12-25-22(24)27-20(13)26-14(2)18-11-15-7-6-10-17(23)19(15)21(29)28(18)16-8-4-3-5-9-16/h3-12,14H,1-2H3,(H3,24,25,26,27)/t14-/m1/s1. The zero-order valence-corrected chi connectivity index (χ0v) is 16.8. The molecule has 0 aliphatic heterocycles. The van der Waals surface area contributed by atoms with E-state index in [1.807, 2.05) is 62.4 Å². The van der Waals surface area contributed by atoms with Crippen molar-refractivity contribution in [3.05, 3.63) is 87.4 Å². The van der Waals surface area contributed by atoms with Crippen molar-refractivity contribution in [2.75, 3.05) is 11.1 Å². The Hall–Kier alpha value is -3.38. The van der Waals surface area contributed by atoms with Gasteiger partial charge in [0.1, 0.15) is 5.82 Å². The highest BCUT2D eigenvalue weighted by Crippen LogP contribution is 2.27. The van der Waals surface area contributed by atoms with Gasteiger partial charge in [-0.15, -0.1) is 0 Å². The fourth-order valence-corrected chi connectivity index (χ4v) is 3.65. The molecule has 4 aromatic rings. The molecule has 7 heteroatoms. The molecule has 1 atom stereocenters. The molecule has 6 nitrogen and oxygen atoms in total. The lowest BCUT2D eigenvalue weighted by molar-refractivity contribution is 0.772. The van der Waals surface area contributed by atoms with Crippen LogP contribution in [0, 0.1) is 6.92 Å². The van der Waals surface area contributed by atoms with E-state index in [9.17, 15) is 4.79 Å². The fraction of sp³-hybridized carbons (Fsp3) is 0.136. The number of nitrogens with zero attached hydrogens (tertiary/aromatic N) is 3. The summed E-state index contributed by atoms with van der Waals surface area (Å²) in [4.78, 5) is 21.7. The molecular weight excluding hydrogens is 386 g/mol. The lowest BCUT2D eigenvalue weighted by atomic mass is 10.1. The molecule has 3 N–H and O–H groups in total. The highest BCUT2D eigenvalue weighted by Gasteiger charge is 2.18. The van der Waals surface area contributed by atoms with Crippen LogP contribution in [-0.2, 0) is 0 Å². The first kappa shape index (κ1) is 19.0. The summed E-state index contributed by atoms with van der Waals surface area (Å²) in [6.45, 7) is 3.88. The highest BCUT2D eigenvalue weighted by molar-refractivity contribution is 6.35. The third-order valence-electron chi connectivity index (χ3n) is 4.83. The SMILES string of the molecule is Cc1cnc(N)nc1N[C@H](C)c1cc2cccc(Cl)c2c(=O)n1-c1ccccc1. The van der Waals surface area contributed by atoms with Crippen molar-refractivity contribution in [1.29, 1.82) is 0 Å². The third-order valence-corrected chi connectivity index (χ3v) is 5.14. The zero-order chi connectivity index (χ0) is 20.5. The first-order valence-corrected chi connectivity index (χ1v) is 9.59. The van der Waals surface area contributed by atoms with Gasteiger partial charge in [0.25, 0.3) is 5.56 Å². The lowest BCUT2D eigenvalue weighted by Gasteiger charge is -2.22. The van der Waals surface area contributed by atoms with Gasteiger partial charge in [0.15, 0.2) is 0 Å². The first-order chi connectivity index (χ1) is 14.0. The average molecular weight is 406 g/mol. The molecule has 4 rings (SSSR count). The predicted molar refractivity (Wildman–Crippen MR) is 118 cm³/mol. The number of nitrogens with one attached hydrogen (secondary N) is 1. The van der Waals surface area contributed by atoms with Gasteiger partial charge in [0.2, 0.25) is 5.95 Å². The van der Waals surface area contributed by atoms with E-state index >= 15 is 0 Å². The van der Waals surface area contributed by atoms with Crippen LogP contribution in [0.2, 0.25) is 5.02 Å². The normalized spacial score (nSPS) is 12.1. The summed E-state index contributed by atoms with van der Waals surface area (Å²) in [5.41, 5.74) is 8.00. The smallest absolute Gasteiger partial charge is 0.264 e. The van der Waals surface area contributed by atoms with Crippen LogP contribution in [0.4, 0.5) is 11.8 Å². The predicted octanol–water partition coefficient (Wildman–Crippen LogP) is 4.50. The fourth-order valence-electron chi connectivity index (χ4n) is 3.38. The van der Waals surface area contributed by atoms with Gasteiger partial charge in [-0.05, 0) is 43.5 Å². The molecule has 29 heavy (non-hydrogen) atoms. The number of halogens is 1. The molecule has 2 aromatic carbocycles. The van der Waals surface area contributed by atoms with E-state index in [2.05, 4.69) is 15.3 Å². The summed E-state index contributed by atoms with van der Waals surface area (Å²) < 4.78 is 1.69. The van der Waals surface area contributed by atoms with Gasteiger partial charge >= 0.3 is 0 Å². The maximum Gasteiger partial charge on any atom is 0.264 e. The number of hydrogen-bond acceptors (Lipinski definition) is 5. The monoisotopic (exact) mass is 405 g/mol. The number of aryl methyl sites for hydroxylation is 1. The summed E-state index contributed by atoms with van der Waals surface area (Å²) in [5.74, 6) is 0.819.